The third-order valence-corrected chi connectivity index (χ3v) is 4.27. The van der Waals surface area contributed by atoms with Crippen LogP contribution >= 0.6 is 0 Å². The zero-order valence-corrected chi connectivity index (χ0v) is 27.0. The van der Waals surface area contributed by atoms with Crippen molar-refractivity contribution in [3.8, 4) is 0 Å². The second kappa shape index (κ2) is 21.8. The van der Waals surface area contributed by atoms with Crippen molar-refractivity contribution < 1.29 is 32.7 Å². The predicted molar refractivity (Wildman–Crippen MR) is 156 cm³/mol. The Morgan fingerprint density at radius 1 is 0.471 bits per heavy atom. The molecule has 4 rings (SSSR count). The van der Waals surface area contributed by atoms with Gasteiger partial charge in [0.1, 0.15) is 0 Å². The molecule has 0 atom stereocenters. The van der Waals surface area contributed by atoms with Gasteiger partial charge in [0.2, 0.25) is 0 Å². The van der Waals surface area contributed by atoms with Crippen molar-refractivity contribution in [2.24, 2.45) is 10.8 Å². The molecule has 1 radical (unpaired) electrons. The van der Waals surface area contributed by atoms with Crippen LogP contribution in [0, 0.1) is 18.3 Å². The van der Waals surface area contributed by atoms with E-state index in [1.165, 1.54) is 44.9 Å². The fraction of sp³-hybridized carbons (Fsp3) is 0.606. The van der Waals surface area contributed by atoms with Crippen LogP contribution in [0.1, 0.15) is 118 Å². The molecule has 0 heterocycles. The molecule has 2 aliphatic rings. The van der Waals surface area contributed by atoms with Crippen LogP contribution in [0.5, 0.6) is 0 Å². The van der Waals surface area contributed by atoms with Gasteiger partial charge in [0.05, 0.1) is 0 Å². The molecule has 0 spiro atoms. The molecule has 0 bridgehead atoms. The summed E-state index contributed by atoms with van der Waals surface area (Å²) in [5, 5.41) is 0. The van der Waals surface area contributed by atoms with E-state index in [2.05, 4.69) is 104 Å². The van der Waals surface area contributed by atoms with Crippen molar-refractivity contribution in [1.29, 1.82) is 0 Å². The smallest absolute Gasteiger partial charge is 0 e. The molecular formula is C33H59Y-. The fourth-order valence-electron chi connectivity index (χ4n) is 3.19. The van der Waals surface area contributed by atoms with Crippen LogP contribution in [0.15, 0.2) is 48.5 Å². The fourth-order valence-corrected chi connectivity index (χ4v) is 3.19. The molecule has 0 aliphatic heterocycles. The van der Waals surface area contributed by atoms with Crippen LogP contribution in [0.25, 0.3) is 0 Å². The van der Waals surface area contributed by atoms with E-state index < -0.39 is 0 Å². The quantitative estimate of drug-likeness (QED) is 0.289. The number of aryl methyl sites for hydroxylation is 4. The van der Waals surface area contributed by atoms with E-state index in [1.54, 1.807) is 22.3 Å². The number of hydrogen-bond acceptors (Lipinski definition) is 0. The Bertz CT molecular complexity index is 629. The molecule has 0 aromatic heterocycles. The van der Waals surface area contributed by atoms with Gasteiger partial charge in [-0.15, -0.1) is 0 Å². The van der Waals surface area contributed by atoms with Gasteiger partial charge in [0, 0.05) is 32.7 Å². The van der Waals surface area contributed by atoms with E-state index in [9.17, 15) is 0 Å². The van der Waals surface area contributed by atoms with Gasteiger partial charge in [-0.25, -0.2) is 0 Å². The molecule has 0 saturated heterocycles. The first kappa shape index (κ1) is 40.7. The number of fused-ring (bicyclic) bond motifs is 2. The average Bonchev–Trinajstić information content (AvgIpc) is 3.16. The van der Waals surface area contributed by atoms with Gasteiger partial charge < -0.3 is 7.43 Å². The van der Waals surface area contributed by atoms with Crippen LogP contribution in [0.2, 0.25) is 0 Å². The zero-order valence-electron chi connectivity index (χ0n) is 24.1. The van der Waals surface area contributed by atoms with E-state index in [1.807, 2.05) is 13.8 Å². The second-order valence-electron chi connectivity index (χ2n) is 11.6. The molecule has 0 nitrogen and oxygen atoms in total. The van der Waals surface area contributed by atoms with Crippen LogP contribution in [-0.2, 0) is 58.4 Å². The Hall–Kier alpha value is -0.456. The molecule has 0 fully saturated rings. The second-order valence-corrected chi connectivity index (χ2v) is 11.6. The van der Waals surface area contributed by atoms with Crippen LogP contribution in [-0.4, -0.2) is 0 Å². The van der Waals surface area contributed by atoms with E-state index in [4.69, 9.17) is 0 Å². The first-order valence-corrected chi connectivity index (χ1v) is 12.6. The summed E-state index contributed by atoms with van der Waals surface area (Å²) in [4.78, 5) is 0. The molecule has 195 valence electrons. The van der Waals surface area contributed by atoms with Crippen molar-refractivity contribution in [1.82, 2.24) is 0 Å². The van der Waals surface area contributed by atoms with Crippen molar-refractivity contribution in [2.75, 3.05) is 0 Å². The minimum absolute atomic E-state index is 0. The van der Waals surface area contributed by atoms with E-state index >= 15 is 0 Å². The van der Waals surface area contributed by atoms with Crippen molar-refractivity contribution in [3.05, 3.63) is 78.2 Å². The summed E-state index contributed by atoms with van der Waals surface area (Å²) in [6, 6.07) is 17.5. The maximum atomic E-state index is 2.26. The predicted octanol–water partition coefficient (Wildman–Crippen LogP) is 11.0. The zero-order chi connectivity index (χ0) is 23.9. The standard InChI is InChI=1S/C10H12.C9H10.2C5H12.C2H6.CH4.CH3.Y/c1-2-6-10-8-4-3-7-9(10)5-1;1-2-5-9-7-3-6-8(9)4-1;2*1-5(2,3)4;1-2;;;/h1-2,5-6H,3-4,7-8H2;1-2,4-5H,3,6-7H2;2*1-4H3;1-2H3;1H4;1H3;/q;;;;;;-1;. The molecule has 0 saturated carbocycles. The maximum absolute atomic E-state index is 2.26. The number of benzene rings is 2. The third-order valence-electron chi connectivity index (χ3n) is 4.27. The Balaban J connectivity index is -0.000000175. The largest absolute Gasteiger partial charge is 0.358 e. The molecule has 1 heteroatoms. The molecular weight excluding hydrogens is 485 g/mol. The maximum Gasteiger partial charge on any atom is 0 e. The van der Waals surface area contributed by atoms with Gasteiger partial charge in [-0.3, -0.25) is 0 Å². The van der Waals surface area contributed by atoms with Gasteiger partial charge in [-0.05, 0) is 78.0 Å². The molecule has 0 amide bonds. The molecule has 0 N–H and O–H groups in total. The summed E-state index contributed by atoms with van der Waals surface area (Å²) in [5.74, 6) is 0. The summed E-state index contributed by atoms with van der Waals surface area (Å²) in [7, 11) is 0. The van der Waals surface area contributed by atoms with E-state index in [0.29, 0.717) is 10.8 Å². The molecule has 2 aromatic rings. The minimum atomic E-state index is 0. The van der Waals surface area contributed by atoms with Gasteiger partial charge in [0.25, 0.3) is 0 Å². The topological polar surface area (TPSA) is 0 Å². The molecule has 2 aromatic carbocycles. The molecule has 0 unspecified atom stereocenters. The minimum Gasteiger partial charge on any atom is -0.358 e. The Kier molecular flexibility index (Phi) is 26.1. The van der Waals surface area contributed by atoms with Gasteiger partial charge in [0.15, 0.2) is 0 Å². The first-order chi connectivity index (χ1) is 14.4. The number of rotatable bonds is 0. The monoisotopic (exact) mass is 544 g/mol. The summed E-state index contributed by atoms with van der Waals surface area (Å²) < 4.78 is 0. The van der Waals surface area contributed by atoms with E-state index in [-0.39, 0.29) is 47.6 Å². The summed E-state index contributed by atoms with van der Waals surface area (Å²) in [5.41, 5.74) is 7.29. The van der Waals surface area contributed by atoms with Gasteiger partial charge in [-0.2, -0.15) is 0 Å². The summed E-state index contributed by atoms with van der Waals surface area (Å²) >= 11 is 0. The van der Waals surface area contributed by atoms with E-state index in [0.717, 1.165) is 0 Å². The summed E-state index contributed by atoms with van der Waals surface area (Å²) in [6.07, 6.45) is 9.34. The van der Waals surface area contributed by atoms with Crippen molar-refractivity contribution in [2.45, 2.75) is 122 Å². The van der Waals surface area contributed by atoms with Crippen molar-refractivity contribution in [3.63, 3.8) is 0 Å². The molecule has 34 heavy (non-hydrogen) atoms. The number of hydrogen-bond donors (Lipinski definition) is 0. The van der Waals surface area contributed by atoms with Crippen LogP contribution in [0.3, 0.4) is 0 Å². The third kappa shape index (κ3) is 24.7. The van der Waals surface area contributed by atoms with Crippen molar-refractivity contribution >= 4 is 0 Å². The Labute approximate surface area is 242 Å². The van der Waals surface area contributed by atoms with Crippen LogP contribution in [0.4, 0.5) is 0 Å². The van der Waals surface area contributed by atoms with Crippen LogP contribution < -0.4 is 0 Å². The average molecular weight is 545 g/mol. The SMILES string of the molecule is C.CC.CC(C)(C)C.CC(C)(C)C.[CH3-].[Y].c1ccc2c(c1)CCC2.c1ccc2c(c1)CCCC2. The summed E-state index contributed by atoms with van der Waals surface area (Å²) in [6.45, 7) is 21.5. The van der Waals surface area contributed by atoms with Gasteiger partial charge >= 0.3 is 0 Å². The Morgan fingerprint density at radius 3 is 0.853 bits per heavy atom. The Morgan fingerprint density at radius 2 is 0.647 bits per heavy atom. The van der Waals surface area contributed by atoms with Gasteiger partial charge in [-0.1, -0.05) is 125 Å². The molecule has 2 aliphatic carbocycles. The normalized spacial score (nSPS) is 12.6. The first-order valence-electron chi connectivity index (χ1n) is 12.6.